The number of fused-ring (bicyclic) bond motifs is 2. The molecule has 3 heteroatoms. The first-order valence-corrected chi connectivity index (χ1v) is 4.17. The summed E-state index contributed by atoms with van der Waals surface area (Å²) in [5.74, 6) is 0.0204. The van der Waals surface area contributed by atoms with E-state index in [0.29, 0.717) is 12.5 Å². The number of hydrogen-bond acceptors (Lipinski definition) is 2. The van der Waals surface area contributed by atoms with E-state index in [1.54, 1.807) is 0 Å². The number of aliphatic carboxylic acids is 1. The highest BCUT2D eigenvalue weighted by Crippen LogP contribution is 2.43. The van der Waals surface area contributed by atoms with Crippen molar-refractivity contribution in [3.8, 4) is 0 Å². The Bertz CT molecular complexity index is 189. The number of rotatable bonds is 1. The van der Waals surface area contributed by atoms with Crippen molar-refractivity contribution in [3.05, 3.63) is 0 Å². The Hall–Kier alpha value is -0.570. The zero-order valence-electron chi connectivity index (χ0n) is 6.47. The molecule has 3 nitrogen and oxygen atoms in total. The van der Waals surface area contributed by atoms with Crippen molar-refractivity contribution in [3.63, 3.8) is 0 Å². The lowest BCUT2D eigenvalue weighted by atomic mass is 9.83. The molecule has 0 aromatic rings. The van der Waals surface area contributed by atoms with Crippen molar-refractivity contribution in [2.45, 2.75) is 19.3 Å². The van der Waals surface area contributed by atoms with Crippen molar-refractivity contribution in [2.75, 3.05) is 13.1 Å². The van der Waals surface area contributed by atoms with Crippen LogP contribution in [0.3, 0.4) is 0 Å². The highest BCUT2D eigenvalue weighted by atomic mass is 16.4. The molecule has 1 heterocycles. The molecule has 0 amide bonds. The largest absolute Gasteiger partial charge is 0.481 e. The summed E-state index contributed by atoms with van der Waals surface area (Å²) in [7, 11) is 0. The van der Waals surface area contributed by atoms with Crippen molar-refractivity contribution < 1.29 is 9.90 Å². The molecule has 0 spiro atoms. The third-order valence-corrected chi connectivity index (χ3v) is 3.06. The van der Waals surface area contributed by atoms with Crippen LogP contribution in [0.15, 0.2) is 0 Å². The minimum atomic E-state index is -0.604. The molecule has 1 saturated heterocycles. The molecule has 2 aliphatic rings. The quantitative estimate of drug-likeness (QED) is 0.578. The second-order valence-corrected chi connectivity index (χ2v) is 3.83. The van der Waals surface area contributed by atoms with E-state index in [9.17, 15) is 4.79 Å². The average Bonchev–Trinajstić information content (AvgIpc) is 2.29. The summed E-state index contributed by atoms with van der Waals surface area (Å²) < 4.78 is 0. The summed E-state index contributed by atoms with van der Waals surface area (Å²) in [6.45, 7) is 1.70. The maximum atomic E-state index is 10.9. The van der Waals surface area contributed by atoms with Crippen molar-refractivity contribution >= 4 is 5.97 Å². The molecule has 1 aliphatic heterocycles. The molecule has 0 radical (unpaired) electrons. The SMILES string of the molecule is O=C(O)[C@]12CC[C@H](CNC1)C2. The van der Waals surface area contributed by atoms with Gasteiger partial charge in [-0.15, -0.1) is 0 Å². The van der Waals surface area contributed by atoms with Gasteiger partial charge in [0.2, 0.25) is 0 Å². The first kappa shape index (κ1) is 7.10. The predicted molar refractivity (Wildman–Crippen MR) is 40.3 cm³/mol. The highest BCUT2D eigenvalue weighted by molar-refractivity contribution is 5.75. The zero-order chi connectivity index (χ0) is 7.90. The summed E-state index contributed by atoms with van der Waals surface area (Å²) in [6, 6.07) is 0. The van der Waals surface area contributed by atoms with E-state index in [2.05, 4.69) is 5.32 Å². The fourth-order valence-corrected chi connectivity index (χ4v) is 2.36. The van der Waals surface area contributed by atoms with E-state index in [-0.39, 0.29) is 0 Å². The molecular weight excluding hydrogens is 142 g/mol. The molecule has 2 atom stereocenters. The fourth-order valence-electron chi connectivity index (χ4n) is 2.36. The third-order valence-electron chi connectivity index (χ3n) is 3.06. The molecule has 2 fully saturated rings. The number of carboxylic acid groups (broad SMARTS) is 1. The maximum absolute atomic E-state index is 10.9. The Morgan fingerprint density at radius 3 is 3.09 bits per heavy atom. The highest BCUT2D eigenvalue weighted by Gasteiger charge is 2.47. The van der Waals surface area contributed by atoms with Gasteiger partial charge in [0, 0.05) is 6.54 Å². The molecule has 11 heavy (non-hydrogen) atoms. The van der Waals surface area contributed by atoms with Crippen LogP contribution in [0.25, 0.3) is 0 Å². The standard InChI is InChI=1S/C8H13NO2/c10-7(11)8-2-1-6(3-8)4-9-5-8/h6,9H,1-5H2,(H,10,11)/t6-,8-/m0/s1. The van der Waals surface area contributed by atoms with Gasteiger partial charge in [-0.25, -0.2) is 0 Å². The van der Waals surface area contributed by atoms with Gasteiger partial charge in [-0.05, 0) is 31.7 Å². The van der Waals surface area contributed by atoms with Gasteiger partial charge in [-0.1, -0.05) is 0 Å². The van der Waals surface area contributed by atoms with Crippen LogP contribution in [-0.2, 0) is 4.79 Å². The van der Waals surface area contributed by atoms with Crippen LogP contribution in [0.5, 0.6) is 0 Å². The smallest absolute Gasteiger partial charge is 0.310 e. The fraction of sp³-hybridized carbons (Fsp3) is 0.875. The first-order valence-electron chi connectivity index (χ1n) is 4.17. The molecule has 0 unspecified atom stereocenters. The van der Waals surface area contributed by atoms with E-state index in [0.717, 1.165) is 25.8 Å². The first-order chi connectivity index (χ1) is 5.23. The van der Waals surface area contributed by atoms with Gasteiger partial charge < -0.3 is 10.4 Å². The van der Waals surface area contributed by atoms with Gasteiger partial charge in [0.05, 0.1) is 5.41 Å². The van der Waals surface area contributed by atoms with Gasteiger partial charge >= 0.3 is 5.97 Å². The van der Waals surface area contributed by atoms with Crippen LogP contribution >= 0.6 is 0 Å². The normalized spacial score (nSPS) is 42.4. The minimum absolute atomic E-state index is 0.400. The summed E-state index contributed by atoms with van der Waals surface area (Å²) >= 11 is 0. The van der Waals surface area contributed by atoms with Crippen molar-refractivity contribution in [2.24, 2.45) is 11.3 Å². The van der Waals surface area contributed by atoms with E-state index in [4.69, 9.17) is 5.11 Å². The summed E-state index contributed by atoms with van der Waals surface area (Å²) in [5.41, 5.74) is -0.400. The lowest BCUT2D eigenvalue weighted by Crippen LogP contribution is -2.44. The minimum Gasteiger partial charge on any atom is -0.481 e. The Balaban J connectivity index is 2.19. The number of piperidine rings is 1. The molecule has 0 aromatic carbocycles. The Morgan fingerprint density at radius 2 is 2.45 bits per heavy atom. The summed E-state index contributed by atoms with van der Waals surface area (Å²) in [4.78, 5) is 10.9. The van der Waals surface area contributed by atoms with Crippen LogP contribution in [-0.4, -0.2) is 24.2 Å². The molecule has 62 valence electrons. The second-order valence-electron chi connectivity index (χ2n) is 3.83. The monoisotopic (exact) mass is 155 g/mol. The number of nitrogens with one attached hydrogen (secondary N) is 1. The molecular formula is C8H13NO2. The molecule has 1 saturated carbocycles. The third kappa shape index (κ3) is 0.948. The average molecular weight is 155 g/mol. The van der Waals surface area contributed by atoms with E-state index >= 15 is 0 Å². The van der Waals surface area contributed by atoms with Crippen molar-refractivity contribution in [1.29, 1.82) is 0 Å². The molecule has 0 aromatic heterocycles. The summed E-state index contributed by atoms with van der Waals surface area (Å²) in [5, 5.41) is 12.2. The number of carboxylic acids is 1. The van der Waals surface area contributed by atoms with E-state index in [1.807, 2.05) is 0 Å². The second kappa shape index (κ2) is 2.21. The lowest BCUT2D eigenvalue weighted by Gasteiger charge is -2.29. The van der Waals surface area contributed by atoms with Gasteiger partial charge in [0.25, 0.3) is 0 Å². The van der Waals surface area contributed by atoms with Gasteiger partial charge in [-0.2, -0.15) is 0 Å². The molecule has 2 rings (SSSR count). The molecule has 1 aliphatic carbocycles. The van der Waals surface area contributed by atoms with Crippen molar-refractivity contribution in [1.82, 2.24) is 5.32 Å². The Labute approximate surface area is 65.8 Å². The van der Waals surface area contributed by atoms with Gasteiger partial charge in [0.15, 0.2) is 0 Å². The zero-order valence-corrected chi connectivity index (χ0v) is 6.47. The summed E-state index contributed by atoms with van der Waals surface area (Å²) in [6.07, 6.45) is 2.87. The van der Waals surface area contributed by atoms with Crippen LogP contribution < -0.4 is 5.32 Å². The van der Waals surface area contributed by atoms with Crippen LogP contribution in [0.2, 0.25) is 0 Å². The Kier molecular flexibility index (Phi) is 1.42. The topological polar surface area (TPSA) is 49.3 Å². The van der Waals surface area contributed by atoms with Gasteiger partial charge in [-0.3, -0.25) is 4.79 Å². The van der Waals surface area contributed by atoms with Crippen LogP contribution in [0, 0.1) is 11.3 Å². The lowest BCUT2D eigenvalue weighted by molar-refractivity contribution is -0.149. The Morgan fingerprint density at radius 1 is 1.64 bits per heavy atom. The van der Waals surface area contributed by atoms with Crippen LogP contribution in [0.4, 0.5) is 0 Å². The number of hydrogen-bond donors (Lipinski definition) is 2. The van der Waals surface area contributed by atoms with E-state index in [1.165, 1.54) is 0 Å². The van der Waals surface area contributed by atoms with Gasteiger partial charge in [0.1, 0.15) is 0 Å². The number of carbonyl (C=O) groups is 1. The maximum Gasteiger partial charge on any atom is 0.310 e. The molecule has 2 N–H and O–H groups in total. The van der Waals surface area contributed by atoms with Crippen LogP contribution in [0.1, 0.15) is 19.3 Å². The predicted octanol–water partition coefficient (Wildman–Crippen LogP) is 0.461. The van der Waals surface area contributed by atoms with E-state index < -0.39 is 11.4 Å². The molecule has 2 bridgehead atoms.